The van der Waals surface area contributed by atoms with E-state index in [1.165, 1.54) is 25.9 Å². The number of likely N-dealkylation sites (tertiary alicyclic amines) is 1. The lowest BCUT2D eigenvalue weighted by atomic mass is 10.0. The Morgan fingerprint density at radius 3 is 2.86 bits per heavy atom. The lowest BCUT2D eigenvalue weighted by Crippen LogP contribution is -2.41. The van der Waals surface area contributed by atoms with Crippen molar-refractivity contribution in [3.05, 3.63) is 23.8 Å². The Morgan fingerprint density at radius 2 is 2.14 bits per heavy atom. The number of ether oxygens (including phenoxy) is 1. The summed E-state index contributed by atoms with van der Waals surface area (Å²) in [5.41, 5.74) is 1.11. The minimum Gasteiger partial charge on any atom is -0.370 e. The maximum absolute atomic E-state index is 5.68. The Bertz CT molecular complexity index is 453. The van der Waals surface area contributed by atoms with Crippen molar-refractivity contribution in [2.24, 2.45) is 0 Å². The first kappa shape index (κ1) is 14.9. The number of piperidine rings is 1. The third-order valence-electron chi connectivity index (χ3n) is 4.67. The van der Waals surface area contributed by atoms with E-state index in [1.54, 1.807) is 0 Å². The van der Waals surface area contributed by atoms with E-state index in [9.17, 15) is 0 Å². The van der Waals surface area contributed by atoms with Gasteiger partial charge in [0.15, 0.2) is 5.82 Å². The molecular formula is C16H26N4O. The van der Waals surface area contributed by atoms with Crippen molar-refractivity contribution in [2.45, 2.75) is 44.4 Å². The van der Waals surface area contributed by atoms with Crippen LogP contribution in [0, 0.1) is 0 Å². The summed E-state index contributed by atoms with van der Waals surface area (Å²) in [6.07, 6.45) is 6.65. The van der Waals surface area contributed by atoms with Gasteiger partial charge < -0.3 is 9.64 Å². The lowest BCUT2D eigenvalue weighted by molar-refractivity contribution is 0.104. The molecule has 2 fully saturated rings. The normalized spacial score (nSPS) is 24.8. The van der Waals surface area contributed by atoms with Crippen LogP contribution in [0.1, 0.15) is 43.3 Å². The van der Waals surface area contributed by atoms with Crippen molar-refractivity contribution in [1.29, 1.82) is 0 Å². The van der Waals surface area contributed by atoms with Crippen molar-refractivity contribution in [3.8, 4) is 0 Å². The summed E-state index contributed by atoms with van der Waals surface area (Å²) >= 11 is 0. The largest absolute Gasteiger partial charge is 0.370 e. The summed E-state index contributed by atoms with van der Waals surface area (Å²) in [6, 6.07) is 2.70. The van der Waals surface area contributed by atoms with Crippen molar-refractivity contribution in [2.75, 3.05) is 33.8 Å². The third kappa shape index (κ3) is 3.78. The zero-order chi connectivity index (χ0) is 14.7. The predicted molar refractivity (Wildman–Crippen MR) is 81.9 cm³/mol. The van der Waals surface area contributed by atoms with E-state index < -0.39 is 0 Å². The van der Waals surface area contributed by atoms with Gasteiger partial charge in [-0.2, -0.15) is 0 Å². The predicted octanol–water partition coefficient (Wildman–Crippen LogP) is 1.85. The van der Waals surface area contributed by atoms with Crippen LogP contribution in [0.15, 0.2) is 12.3 Å². The van der Waals surface area contributed by atoms with Crippen LogP contribution >= 0.6 is 0 Å². The fourth-order valence-electron chi connectivity index (χ4n) is 3.26. The standard InChI is InChI=1S/C16H26N4O/c1-19-9-6-14(7-10-19)20(2)12-13-5-8-17-16(18-13)15-4-3-11-21-15/h5,8,14-15H,3-4,6-7,9-12H2,1-2H3. The van der Waals surface area contributed by atoms with Crippen molar-refractivity contribution >= 4 is 0 Å². The third-order valence-corrected chi connectivity index (χ3v) is 4.67. The highest BCUT2D eigenvalue weighted by Crippen LogP contribution is 2.25. The summed E-state index contributed by atoms with van der Waals surface area (Å²) in [7, 11) is 4.42. The van der Waals surface area contributed by atoms with Gasteiger partial charge in [0.2, 0.25) is 0 Å². The van der Waals surface area contributed by atoms with Crippen molar-refractivity contribution in [3.63, 3.8) is 0 Å². The second kappa shape index (κ2) is 6.81. The van der Waals surface area contributed by atoms with Crippen LogP contribution < -0.4 is 0 Å². The highest BCUT2D eigenvalue weighted by molar-refractivity contribution is 5.05. The van der Waals surface area contributed by atoms with Gasteiger partial charge in [-0.25, -0.2) is 9.97 Å². The number of nitrogens with zero attached hydrogens (tertiary/aromatic N) is 4. The molecule has 2 aliphatic heterocycles. The second-order valence-corrected chi connectivity index (χ2v) is 6.36. The Hall–Kier alpha value is -1.04. The van der Waals surface area contributed by atoms with Gasteiger partial charge in [0.25, 0.3) is 0 Å². The molecule has 3 heterocycles. The second-order valence-electron chi connectivity index (χ2n) is 6.36. The molecule has 2 saturated heterocycles. The van der Waals surface area contributed by atoms with E-state index in [-0.39, 0.29) is 6.10 Å². The Morgan fingerprint density at radius 1 is 1.33 bits per heavy atom. The summed E-state index contributed by atoms with van der Waals surface area (Å²) < 4.78 is 5.68. The van der Waals surface area contributed by atoms with Gasteiger partial charge in [0.1, 0.15) is 6.10 Å². The number of hydrogen-bond donors (Lipinski definition) is 0. The van der Waals surface area contributed by atoms with Crippen LogP contribution in [-0.2, 0) is 11.3 Å². The molecule has 0 saturated carbocycles. The van der Waals surface area contributed by atoms with E-state index in [0.717, 1.165) is 37.5 Å². The molecule has 0 N–H and O–H groups in total. The van der Waals surface area contributed by atoms with Crippen molar-refractivity contribution < 1.29 is 4.74 Å². The first-order valence-corrected chi connectivity index (χ1v) is 8.04. The molecule has 0 radical (unpaired) electrons. The van der Waals surface area contributed by atoms with Crippen LogP contribution in [0.3, 0.4) is 0 Å². The SMILES string of the molecule is CN1CCC(N(C)Cc2ccnc(C3CCCO3)n2)CC1. The van der Waals surface area contributed by atoms with E-state index in [4.69, 9.17) is 9.72 Å². The Labute approximate surface area is 127 Å². The average molecular weight is 290 g/mol. The molecule has 0 aliphatic carbocycles. The van der Waals surface area contributed by atoms with Gasteiger partial charge >= 0.3 is 0 Å². The number of aromatic nitrogens is 2. The first-order chi connectivity index (χ1) is 10.2. The molecule has 1 atom stereocenters. The minimum absolute atomic E-state index is 0.110. The molecule has 5 nitrogen and oxygen atoms in total. The molecule has 1 aromatic rings. The monoisotopic (exact) mass is 290 g/mol. The van der Waals surface area contributed by atoms with Gasteiger partial charge in [-0.15, -0.1) is 0 Å². The van der Waals surface area contributed by atoms with Crippen LogP contribution in [0.2, 0.25) is 0 Å². The molecule has 0 spiro atoms. The molecule has 1 aromatic heterocycles. The topological polar surface area (TPSA) is 41.5 Å². The highest BCUT2D eigenvalue weighted by Gasteiger charge is 2.23. The molecule has 0 aromatic carbocycles. The molecule has 0 bridgehead atoms. The maximum atomic E-state index is 5.68. The zero-order valence-electron chi connectivity index (χ0n) is 13.2. The summed E-state index contributed by atoms with van der Waals surface area (Å²) in [6.45, 7) is 4.13. The summed E-state index contributed by atoms with van der Waals surface area (Å²) in [4.78, 5) is 14.0. The van der Waals surface area contributed by atoms with E-state index >= 15 is 0 Å². The molecule has 2 aliphatic rings. The zero-order valence-corrected chi connectivity index (χ0v) is 13.2. The first-order valence-electron chi connectivity index (χ1n) is 8.04. The number of rotatable bonds is 4. The van der Waals surface area contributed by atoms with Crippen LogP contribution in [0.4, 0.5) is 0 Å². The van der Waals surface area contributed by atoms with Gasteiger partial charge in [-0.1, -0.05) is 0 Å². The Kier molecular flexibility index (Phi) is 4.83. The van der Waals surface area contributed by atoms with Crippen LogP contribution in [0.5, 0.6) is 0 Å². The van der Waals surface area contributed by atoms with Gasteiger partial charge in [-0.05, 0) is 58.9 Å². The average Bonchev–Trinajstić information content (AvgIpc) is 3.02. The van der Waals surface area contributed by atoms with Gasteiger partial charge in [0, 0.05) is 25.4 Å². The van der Waals surface area contributed by atoms with E-state index in [0.29, 0.717) is 6.04 Å². The molecule has 0 amide bonds. The molecule has 1 unspecified atom stereocenters. The molecular weight excluding hydrogens is 264 g/mol. The lowest BCUT2D eigenvalue weighted by Gasteiger charge is -2.35. The molecule has 3 rings (SSSR count). The summed E-state index contributed by atoms with van der Waals surface area (Å²) in [5, 5.41) is 0. The fraction of sp³-hybridized carbons (Fsp3) is 0.750. The van der Waals surface area contributed by atoms with E-state index in [2.05, 4.69) is 28.9 Å². The molecule has 5 heteroatoms. The maximum Gasteiger partial charge on any atom is 0.157 e. The molecule has 116 valence electrons. The van der Waals surface area contributed by atoms with Crippen LogP contribution in [-0.4, -0.2) is 59.6 Å². The smallest absolute Gasteiger partial charge is 0.157 e. The minimum atomic E-state index is 0.110. The fourth-order valence-corrected chi connectivity index (χ4v) is 3.26. The summed E-state index contributed by atoms with van der Waals surface area (Å²) in [5.74, 6) is 0.863. The number of hydrogen-bond acceptors (Lipinski definition) is 5. The van der Waals surface area contributed by atoms with Crippen molar-refractivity contribution in [1.82, 2.24) is 19.8 Å². The highest BCUT2D eigenvalue weighted by atomic mass is 16.5. The quantitative estimate of drug-likeness (QED) is 0.846. The van der Waals surface area contributed by atoms with Gasteiger partial charge in [-0.3, -0.25) is 4.90 Å². The van der Waals surface area contributed by atoms with E-state index in [1.807, 2.05) is 12.3 Å². The van der Waals surface area contributed by atoms with Crippen LogP contribution in [0.25, 0.3) is 0 Å². The Balaban J connectivity index is 1.60. The van der Waals surface area contributed by atoms with Gasteiger partial charge in [0.05, 0.1) is 5.69 Å². The molecule has 21 heavy (non-hydrogen) atoms.